The maximum Gasteiger partial charge on any atom is 0.0417 e. The number of hydrogen-bond donors (Lipinski definition) is 1. The highest BCUT2D eigenvalue weighted by Crippen LogP contribution is 2.30. The van der Waals surface area contributed by atoms with E-state index in [9.17, 15) is 0 Å². The van der Waals surface area contributed by atoms with Crippen molar-refractivity contribution in [2.45, 2.75) is 43.0 Å². The van der Waals surface area contributed by atoms with E-state index in [0.29, 0.717) is 6.04 Å². The molecule has 1 saturated carbocycles. The van der Waals surface area contributed by atoms with Crippen molar-refractivity contribution < 1.29 is 0 Å². The maximum absolute atomic E-state index is 6.00. The summed E-state index contributed by atoms with van der Waals surface area (Å²) in [5.41, 5.74) is 0. The van der Waals surface area contributed by atoms with Crippen LogP contribution in [0.15, 0.2) is 29.2 Å². The fraction of sp³-hybridized carbons (Fsp3) is 0.600. The van der Waals surface area contributed by atoms with Gasteiger partial charge < -0.3 is 5.32 Å². The van der Waals surface area contributed by atoms with E-state index in [2.05, 4.69) is 24.5 Å². The minimum Gasteiger partial charge on any atom is -0.316 e. The zero-order valence-corrected chi connectivity index (χ0v) is 12.6. The Morgan fingerprint density at radius 2 is 2.17 bits per heavy atom. The van der Waals surface area contributed by atoms with Crippen molar-refractivity contribution in [1.82, 2.24) is 5.32 Å². The monoisotopic (exact) mass is 283 g/mol. The Morgan fingerprint density at radius 3 is 2.83 bits per heavy atom. The first-order valence-corrected chi connectivity index (χ1v) is 8.20. The summed E-state index contributed by atoms with van der Waals surface area (Å²) < 4.78 is 0. The van der Waals surface area contributed by atoms with Crippen LogP contribution in [-0.2, 0) is 0 Å². The molecule has 1 fully saturated rings. The van der Waals surface area contributed by atoms with Crippen LogP contribution in [0.5, 0.6) is 0 Å². The van der Waals surface area contributed by atoms with Crippen LogP contribution < -0.4 is 5.32 Å². The van der Waals surface area contributed by atoms with Crippen LogP contribution in [-0.4, -0.2) is 18.8 Å². The topological polar surface area (TPSA) is 12.0 Å². The second-order valence-corrected chi connectivity index (χ2v) is 6.67. The van der Waals surface area contributed by atoms with Crippen molar-refractivity contribution >= 4 is 23.4 Å². The van der Waals surface area contributed by atoms with E-state index >= 15 is 0 Å². The van der Waals surface area contributed by atoms with Gasteiger partial charge in [-0.3, -0.25) is 0 Å². The van der Waals surface area contributed by atoms with Crippen LogP contribution in [0.4, 0.5) is 0 Å². The van der Waals surface area contributed by atoms with E-state index < -0.39 is 0 Å². The highest BCUT2D eigenvalue weighted by molar-refractivity contribution is 7.99. The van der Waals surface area contributed by atoms with E-state index in [1.807, 2.05) is 23.9 Å². The van der Waals surface area contributed by atoms with Crippen LogP contribution in [0.25, 0.3) is 0 Å². The van der Waals surface area contributed by atoms with Gasteiger partial charge in [0.2, 0.25) is 0 Å². The zero-order valence-electron chi connectivity index (χ0n) is 11.0. The Morgan fingerprint density at radius 1 is 1.39 bits per heavy atom. The molecule has 1 atom stereocenters. The van der Waals surface area contributed by atoms with Gasteiger partial charge in [0.25, 0.3) is 0 Å². The molecule has 1 N–H and O–H groups in total. The van der Waals surface area contributed by atoms with E-state index in [1.54, 1.807) is 0 Å². The molecule has 1 aliphatic carbocycles. The van der Waals surface area contributed by atoms with Gasteiger partial charge in [-0.25, -0.2) is 0 Å². The lowest BCUT2D eigenvalue weighted by atomic mass is 9.99. The Balaban J connectivity index is 1.79. The molecule has 18 heavy (non-hydrogen) atoms. The van der Waals surface area contributed by atoms with Crippen molar-refractivity contribution in [3.63, 3.8) is 0 Å². The lowest BCUT2D eigenvalue weighted by molar-refractivity contribution is 0.427. The third-order valence-electron chi connectivity index (χ3n) is 3.75. The molecular formula is C15H22ClNS. The molecule has 3 heteroatoms. The summed E-state index contributed by atoms with van der Waals surface area (Å²) in [6.45, 7) is 0. The fourth-order valence-electron chi connectivity index (χ4n) is 2.67. The average molecular weight is 284 g/mol. The number of nitrogens with one attached hydrogen (secondary N) is 1. The lowest BCUT2D eigenvalue weighted by Crippen LogP contribution is -2.29. The minimum absolute atomic E-state index is 0.622. The number of thioether (sulfide) groups is 1. The summed E-state index contributed by atoms with van der Waals surface area (Å²) in [5.74, 6) is 2.08. The van der Waals surface area contributed by atoms with E-state index in [0.717, 1.165) is 16.7 Å². The van der Waals surface area contributed by atoms with Crippen molar-refractivity contribution in [3.8, 4) is 0 Å². The van der Waals surface area contributed by atoms with Gasteiger partial charge in [-0.1, -0.05) is 43.4 Å². The molecule has 1 aromatic rings. The molecule has 0 aromatic heterocycles. The van der Waals surface area contributed by atoms with Gasteiger partial charge >= 0.3 is 0 Å². The average Bonchev–Trinajstić information content (AvgIpc) is 2.87. The van der Waals surface area contributed by atoms with Gasteiger partial charge in [0.1, 0.15) is 0 Å². The SMILES string of the molecule is CNC(CSc1cccc(Cl)c1)CC1CCCC1. The molecule has 1 aromatic carbocycles. The van der Waals surface area contributed by atoms with Gasteiger partial charge in [-0.2, -0.15) is 0 Å². The summed E-state index contributed by atoms with van der Waals surface area (Å²) in [6, 6.07) is 8.76. The maximum atomic E-state index is 6.00. The first kappa shape index (κ1) is 14.2. The Labute approximate surface area is 120 Å². The smallest absolute Gasteiger partial charge is 0.0417 e. The highest BCUT2D eigenvalue weighted by Gasteiger charge is 2.19. The van der Waals surface area contributed by atoms with Crippen molar-refractivity contribution in [3.05, 3.63) is 29.3 Å². The van der Waals surface area contributed by atoms with Crippen molar-refractivity contribution in [1.29, 1.82) is 0 Å². The van der Waals surface area contributed by atoms with Crippen LogP contribution in [0.3, 0.4) is 0 Å². The van der Waals surface area contributed by atoms with Gasteiger partial charge in [-0.15, -0.1) is 11.8 Å². The molecule has 0 bridgehead atoms. The largest absolute Gasteiger partial charge is 0.316 e. The molecule has 0 saturated heterocycles. The standard InChI is InChI=1S/C15H22ClNS/c1-17-14(9-12-5-2-3-6-12)11-18-15-8-4-7-13(16)10-15/h4,7-8,10,12,14,17H,2-3,5-6,9,11H2,1H3. The van der Waals surface area contributed by atoms with Crippen LogP contribution in [0, 0.1) is 5.92 Å². The molecule has 0 heterocycles. The van der Waals surface area contributed by atoms with Crippen LogP contribution in [0.1, 0.15) is 32.1 Å². The fourth-order valence-corrected chi connectivity index (χ4v) is 4.01. The second-order valence-electron chi connectivity index (χ2n) is 5.14. The third-order valence-corrected chi connectivity index (χ3v) is 5.14. The molecule has 1 aliphatic rings. The van der Waals surface area contributed by atoms with Gasteiger partial charge in [0.05, 0.1) is 0 Å². The minimum atomic E-state index is 0.622. The summed E-state index contributed by atoms with van der Waals surface area (Å²) in [4.78, 5) is 1.27. The molecular weight excluding hydrogens is 262 g/mol. The van der Waals surface area contributed by atoms with E-state index in [-0.39, 0.29) is 0 Å². The number of hydrogen-bond acceptors (Lipinski definition) is 2. The third kappa shape index (κ3) is 4.49. The summed E-state index contributed by atoms with van der Waals surface area (Å²) >= 11 is 7.91. The highest BCUT2D eigenvalue weighted by atomic mass is 35.5. The Kier molecular flexibility index (Phi) is 5.87. The van der Waals surface area contributed by atoms with Crippen molar-refractivity contribution in [2.24, 2.45) is 5.92 Å². The second kappa shape index (κ2) is 7.42. The van der Waals surface area contributed by atoms with Gasteiger partial charge in [-0.05, 0) is 37.6 Å². The molecule has 2 rings (SSSR count). The predicted molar refractivity (Wildman–Crippen MR) is 81.6 cm³/mol. The summed E-state index contributed by atoms with van der Waals surface area (Å²) in [6.07, 6.45) is 7.05. The number of halogens is 1. The van der Waals surface area contributed by atoms with Gasteiger partial charge in [0, 0.05) is 21.7 Å². The normalized spacial score (nSPS) is 18.1. The first-order valence-electron chi connectivity index (χ1n) is 6.83. The van der Waals surface area contributed by atoms with E-state index in [4.69, 9.17) is 11.6 Å². The molecule has 0 amide bonds. The molecule has 0 radical (unpaired) electrons. The number of rotatable bonds is 6. The Bertz CT molecular complexity index is 363. The van der Waals surface area contributed by atoms with Crippen LogP contribution in [0.2, 0.25) is 5.02 Å². The molecule has 0 aliphatic heterocycles. The zero-order chi connectivity index (χ0) is 12.8. The molecule has 1 unspecified atom stereocenters. The molecule has 1 nitrogen and oxygen atoms in total. The Hall–Kier alpha value is -0.180. The van der Waals surface area contributed by atoms with Crippen molar-refractivity contribution in [2.75, 3.05) is 12.8 Å². The van der Waals surface area contributed by atoms with Gasteiger partial charge in [0.15, 0.2) is 0 Å². The quantitative estimate of drug-likeness (QED) is 0.766. The number of benzene rings is 1. The summed E-state index contributed by atoms with van der Waals surface area (Å²) in [5, 5.41) is 4.29. The predicted octanol–water partition coefficient (Wildman–Crippen LogP) is 4.60. The molecule has 0 spiro atoms. The summed E-state index contributed by atoms with van der Waals surface area (Å²) in [7, 11) is 2.08. The lowest BCUT2D eigenvalue weighted by Gasteiger charge is -2.19. The first-order chi connectivity index (χ1) is 8.78. The molecule has 100 valence electrons. The van der Waals surface area contributed by atoms with E-state index in [1.165, 1.54) is 37.0 Å². The van der Waals surface area contributed by atoms with Crippen LogP contribution >= 0.6 is 23.4 Å².